The van der Waals surface area contributed by atoms with E-state index in [9.17, 15) is 5.11 Å². The van der Waals surface area contributed by atoms with E-state index in [1.807, 2.05) is 14.0 Å². The molecule has 1 aromatic carbocycles. The van der Waals surface area contributed by atoms with E-state index >= 15 is 0 Å². The van der Waals surface area contributed by atoms with Gasteiger partial charge in [0, 0.05) is 42.0 Å². The third-order valence-electron chi connectivity index (χ3n) is 10.0. The van der Waals surface area contributed by atoms with Gasteiger partial charge >= 0.3 is 0 Å². The Morgan fingerprint density at radius 2 is 2.09 bits per heavy atom. The van der Waals surface area contributed by atoms with Gasteiger partial charge in [-0.1, -0.05) is 17.7 Å². The fourth-order valence-corrected chi connectivity index (χ4v) is 8.84. The van der Waals surface area contributed by atoms with Crippen LogP contribution < -0.4 is 9.47 Å². The third-order valence-corrected chi connectivity index (χ3v) is 10.0. The lowest BCUT2D eigenvalue weighted by Gasteiger charge is -2.74. The van der Waals surface area contributed by atoms with Gasteiger partial charge in [-0.3, -0.25) is 4.90 Å². The number of fused-ring (bicyclic) bond motifs is 2. The maximum absolute atomic E-state index is 11.0. The molecule has 174 valence electrons. The fraction of sp³-hybridized carbons (Fsp3) is 0.704. The second-order valence-corrected chi connectivity index (χ2v) is 11.2. The van der Waals surface area contributed by atoms with E-state index in [0.29, 0.717) is 6.04 Å². The maximum Gasteiger partial charge on any atom is 0.165 e. The molecule has 7 atom stereocenters. The van der Waals surface area contributed by atoms with Crippen LogP contribution in [0.4, 0.5) is 0 Å². The molecule has 1 unspecified atom stereocenters. The van der Waals surface area contributed by atoms with E-state index in [-0.39, 0.29) is 22.9 Å². The zero-order chi connectivity index (χ0) is 22.5. The van der Waals surface area contributed by atoms with Gasteiger partial charge in [-0.05, 0) is 71.0 Å². The summed E-state index contributed by atoms with van der Waals surface area (Å²) in [4.78, 5) is 2.73. The summed E-state index contributed by atoms with van der Waals surface area (Å²) in [6.45, 7) is 8.41. The largest absolute Gasteiger partial charge is 0.493 e. The number of benzene rings is 1. The van der Waals surface area contributed by atoms with Crippen LogP contribution in [0.15, 0.2) is 23.8 Å². The van der Waals surface area contributed by atoms with Crippen molar-refractivity contribution in [3.63, 3.8) is 0 Å². The predicted molar refractivity (Wildman–Crippen MR) is 123 cm³/mol. The first kappa shape index (κ1) is 21.0. The predicted octanol–water partition coefficient (Wildman–Crippen LogP) is 3.86. The SMILES string of the molecule is COc1ccc2c3c1O[C@H]1[C@@]4(OC)CC[C@@]5(C[C@@H]4C(C)O)[C@@H](C2)N(CC=C(C)C)CC[C@]315. The second kappa shape index (κ2) is 6.74. The number of likely N-dealkylation sites (tertiary alicyclic amines) is 1. The molecule has 1 aromatic rings. The van der Waals surface area contributed by atoms with Crippen molar-refractivity contribution in [2.45, 2.75) is 82.1 Å². The van der Waals surface area contributed by atoms with Gasteiger partial charge in [0.1, 0.15) is 11.7 Å². The van der Waals surface area contributed by atoms with Gasteiger partial charge in [-0.25, -0.2) is 0 Å². The summed E-state index contributed by atoms with van der Waals surface area (Å²) >= 11 is 0. The number of rotatable bonds is 5. The Kier molecular flexibility index (Phi) is 4.42. The van der Waals surface area contributed by atoms with Crippen molar-refractivity contribution in [2.75, 3.05) is 27.3 Å². The Bertz CT molecular complexity index is 984. The Morgan fingerprint density at radius 3 is 2.78 bits per heavy atom. The van der Waals surface area contributed by atoms with Gasteiger partial charge in [0.2, 0.25) is 0 Å². The van der Waals surface area contributed by atoms with Gasteiger partial charge in [0.05, 0.1) is 13.2 Å². The molecule has 4 aliphatic carbocycles. The Balaban J connectivity index is 1.60. The van der Waals surface area contributed by atoms with Crippen molar-refractivity contribution in [1.29, 1.82) is 0 Å². The molecule has 0 radical (unpaired) electrons. The van der Waals surface area contributed by atoms with Crippen LogP contribution in [0.5, 0.6) is 11.5 Å². The van der Waals surface area contributed by atoms with Crippen LogP contribution in [0.1, 0.15) is 57.6 Å². The number of aliphatic hydroxyl groups is 1. The summed E-state index contributed by atoms with van der Waals surface area (Å²) in [7, 11) is 3.57. The standard InChI is InChI=1S/C27H37NO4/c1-16(2)8-12-28-13-11-26-22-18-6-7-20(30-4)23(22)32-24(26)27(31-5)10-9-25(26,21(28)14-18)15-19(27)17(3)29/h6-8,17,19,21,24,29H,9-15H2,1-5H3/t17?,19-,21-,24-,25-,26+,27-/m1/s1. The van der Waals surface area contributed by atoms with Crippen LogP contribution in [0, 0.1) is 11.3 Å². The molecule has 32 heavy (non-hydrogen) atoms. The molecular weight excluding hydrogens is 402 g/mol. The number of ether oxygens (including phenoxy) is 3. The Labute approximate surface area is 191 Å². The number of allylic oxidation sites excluding steroid dienone is 1. The van der Waals surface area contributed by atoms with E-state index in [4.69, 9.17) is 14.2 Å². The summed E-state index contributed by atoms with van der Waals surface area (Å²) < 4.78 is 19.2. The minimum absolute atomic E-state index is 0.0593. The van der Waals surface area contributed by atoms with Gasteiger partial charge in [0.25, 0.3) is 0 Å². The molecular formula is C27H37NO4. The average molecular weight is 440 g/mol. The van der Waals surface area contributed by atoms with Crippen molar-refractivity contribution < 1.29 is 19.3 Å². The van der Waals surface area contributed by atoms with Crippen LogP contribution >= 0.6 is 0 Å². The van der Waals surface area contributed by atoms with E-state index < -0.39 is 11.7 Å². The van der Waals surface area contributed by atoms with Crippen molar-refractivity contribution in [3.8, 4) is 11.5 Å². The van der Waals surface area contributed by atoms with E-state index in [1.54, 1.807) is 7.11 Å². The molecule has 3 saturated carbocycles. The maximum atomic E-state index is 11.0. The molecule has 4 bridgehead atoms. The highest BCUT2D eigenvalue weighted by atomic mass is 16.6. The molecule has 4 fully saturated rings. The zero-order valence-corrected chi connectivity index (χ0v) is 20.1. The molecule has 7 rings (SSSR count). The van der Waals surface area contributed by atoms with Gasteiger partial charge in [-0.15, -0.1) is 0 Å². The molecule has 1 N–H and O–H groups in total. The van der Waals surface area contributed by atoms with Crippen LogP contribution in [-0.2, 0) is 16.6 Å². The van der Waals surface area contributed by atoms with E-state index in [0.717, 1.165) is 56.7 Å². The number of methoxy groups -OCH3 is 2. The smallest absolute Gasteiger partial charge is 0.165 e. The highest BCUT2D eigenvalue weighted by Gasteiger charge is 2.80. The zero-order valence-electron chi connectivity index (χ0n) is 20.1. The first-order valence-corrected chi connectivity index (χ1v) is 12.3. The monoisotopic (exact) mass is 439 g/mol. The molecule has 2 aliphatic heterocycles. The van der Waals surface area contributed by atoms with Gasteiger partial charge < -0.3 is 19.3 Å². The number of nitrogens with zero attached hydrogens (tertiary/aromatic N) is 1. The molecule has 5 nitrogen and oxygen atoms in total. The van der Waals surface area contributed by atoms with Gasteiger partial charge in [-0.2, -0.15) is 0 Å². The quantitative estimate of drug-likeness (QED) is 0.706. The fourth-order valence-electron chi connectivity index (χ4n) is 8.84. The van der Waals surface area contributed by atoms with Crippen LogP contribution in [0.3, 0.4) is 0 Å². The highest BCUT2D eigenvalue weighted by Crippen LogP contribution is 2.76. The van der Waals surface area contributed by atoms with Crippen molar-refractivity contribution in [1.82, 2.24) is 4.90 Å². The molecule has 6 aliphatic rings. The lowest BCUT2D eigenvalue weighted by molar-refractivity contribution is -0.288. The molecule has 0 amide bonds. The van der Waals surface area contributed by atoms with Crippen LogP contribution in [0.25, 0.3) is 0 Å². The number of piperidine rings is 1. The summed E-state index contributed by atoms with van der Waals surface area (Å²) in [5, 5.41) is 11.0. The highest BCUT2D eigenvalue weighted by molar-refractivity contribution is 5.63. The van der Waals surface area contributed by atoms with Gasteiger partial charge in [0.15, 0.2) is 11.5 Å². The number of aliphatic hydroxyl groups excluding tert-OH is 1. The molecule has 0 aromatic heterocycles. The first-order valence-electron chi connectivity index (χ1n) is 12.3. The first-order chi connectivity index (χ1) is 15.3. The Hall–Kier alpha value is -1.56. The lowest BCUT2D eigenvalue weighted by Crippen LogP contribution is -2.81. The third kappa shape index (κ3) is 2.21. The number of hydrogen-bond acceptors (Lipinski definition) is 5. The summed E-state index contributed by atoms with van der Waals surface area (Å²) in [5.41, 5.74) is 3.79. The second-order valence-electron chi connectivity index (χ2n) is 11.2. The minimum atomic E-state index is -0.457. The Morgan fingerprint density at radius 1 is 1.28 bits per heavy atom. The lowest BCUT2D eigenvalue weighted by atomic mass is 9.34. The summed E-state index contributed by atoms with van der Waals surface area (Å²) in [6, 6.07) is 4.83. The van der Waals surface area contributed by atoms with Crippen molar-refractivity contribution in [3.05, 3.63) is 34.9 Å². The normalized spacial score (nSPS) is 41.6. The van der Waals surface area contributed by atoms with E-state index in [2.05, 4.69) is 37.0 Å². The average Bonchev–Trinajstić information content (AvgIpc) is 3.14. The summed E-state index contributed by atoms with van der Waals surface area (Å²) in [6.07, 6.45) is 7.10. The van der Waals surface area contributed by atoms with Crippen molar-refractivity contribution in [2.24, 2.45) is 11.3 Å². The number of hydrogen-bond donors (Lipinski definition) is 1. The summed E-state index contributed by atoms with van der Waals surface area (Å²) in [5.74, 6) is 1.87. The van der Waals surface area contributed by atoms with E-state index in [1.165, 1.54) is 16.7 Å². The molecule has 1 saturated heterocycles. The topological polar surface area (TPSA) is 51.2 Å². The molecule has 5 heteroatoms. The molecule has 2 spiro atoms. The molecule has 2 heterocycles. The minimum Gasteiger partial charge on any atom is -0.493 e. The van der Waals surface area contributed by atoms with Crippen LogP contribution in [-0.4, -0.2) is 61.2 Å². The van der Waals surface area contributed by atoms with Crippen molar-refractivity contribution >= 4 is 0 Å². The van der Waals surface area contributed by atoms with Crippen LogP contribution in [0.2, 0.25) is 0 Å².